The summed E-state index contributed by atoms with van der Waals surface area (Å²) >= 11 is 0. The highest BCUT2D eigenvalue weighted by atomic mass is 16.5. The van der Waals surface area contributed by atoms with Crippen LogP contribution in [0.2, 0.25) is 0 Å². The van der Waals surface area contributed by atoms with Crippen molar-refractivity contribution in [3.63, 3.8) is 0 Å². The van der Waals surface area contributed by atoms with Crippen LogP contribution in [0.3, 0.4) is 0 Å². The average Bonchev–Trinajstić information content (AvgIpc) is 2.12. The van der Waals surface area contributed by atoms with Crippen LogP contribution in [0.15, 0.2) is 0 Å². The lowest BCUT2D eigenvalue weighted by Crippen LogP contribution is -2.61. The summed E-state index contributed by atoms with van der Waals surface area (Å²) in [7, 11) is 0. The predicted molar refractivity (Wildman–Crippen MR) is 59.6 cm³/mol. The maximum absolute atomic E-state index is 10.4. The monoisotopic (exact) mass is 216 g/mol. The summed E-state index contributed by atoms with van der Waals surface area (Å²) in [6, 6.07) is 0. The first-order chi connectivity index (χ1) is 6.80. The molecule has 15 heavy (non-hydrogen) atoms. The molecule has 1 saturated heterocycles. The largest absolute Gasteiger partial charge is 0.390 e. The lowest BCUT2D eigenvalue weighted by atomic mass is 9.75. The van der Waals surface area contributed by atoms with Crippen LogP contribution in [-0.4, -0.2) is 34.1 Å². The highest BCUT2D eigenvalue weighted by molar-refractivity contribution is 4.99. The van der Waals surface area contributed by atoms with E-state index < -0.39 is 11.7 Å². The van der Waals surface area contributed by atoms with Gasteiger partial charge < -0.3 is 14.9 Å². The first-order valence-corrected chi connectivity index (χ1v) is 5.86. The van der Waals surface area contributed by atoms with Crippen molar-refractivity contribution < 1.29 is 14.9 Å². The molecule has 0 radical (unpaired) electrons. The van der Waals surface area contributed by atoms with Crippen molar-refractivity contribution in [3.05, 3.63) is 0 Å². The van der Waals surface area contributed by atoms with Crippen LogP contribution in [0.5, 0.6) is 0 Å². The lowest BCUT2D eigenvalue weighted by molar-refractivity contribution is -0.245. The smallest absolute Gasteiger partial charge is 0.119 e. The van der Waals surface area contributed by atoms with E-state index in [9.17, 15) is 10.2 Å². The number of ether oxygens (including phenoxy) is 1. The fraction of sp³-hybridized carbons (Fsp3) is 1.00. The molecule has 1 rings (SSSR count). The van der Waals surface area contributed by atoms with Crippen molar-refractivity contribution in [3.8, 4) is 0 Å². The predicted octanol–water partition coefficient (Wildman–Crippen LogP) is 1.57. The molecule has 0 aromatic heterocycles. The Labute approximate surface area is 92.4 Å². The SMILES string of the molecule is CC(C)C1CC(O)C(O)(C(C)C)C(C)O1. The van der Waals surface area contributed by atoms with Gasteiger partial charge in [-0.15, -0.1) is 0 Å². The van der Waals surface area contributed by atoms with Crippen LogP contribution in [0, 0.1) is 11.8 Å². The molecule has 0 aromatic carbocycles. The zero-order valence-electron chi connectivity index (χ0n) is 10.4. The normalized spacial score (nSPS) is 42.6. The third-order valence-electron chi connectivity index (χ3n) is 3.69. The number of aliphatic hydroxyl groups excluding tert-OH is 1. The van der Waals surface area contributed by atoms with Gasteiger partial charge in [0.15, 0.2) is 0 Å². The van der Waals surface area contributed by atoms with Gasteiger partial charge in [-0.05, 0) is 18.8 Å². The van der Waals surface area contributed by atoms with Gasteiger partial charge in [0.05, 0.1) is 18.3 Å². The Hall–Kier alpha value is -0.120. The minimum Gasteiger partial charge on any atom is -0.390 e. The lowest BCUT2D eigenvalue weighted by Gasteiger charge is -2.48. The molecule has 2 N–H and O–H groups in total. The zero-order valence-corrected chi connectivity index (χ0v) is 10.4. The highest BCUT2D eigenvalue weighted by Gasteiger charge is 2.49. The topological polar surface area (TPSA) is 49.7 Å². The Morgan fingerprint density at radius 2 is 1.80 bits per heavy atom. The fourth-order valence-corrected chi connectivity index (χ4v) is 2.39. The Morgan fingerprint density at radius 3 is 2.13 bits per heavy atom. The number of rotatable bonds is 2. The third kappa shape index (κ3) is 2.19. The van der Waals surface area contributed by atoms with Gasteiger partial charge in [0.2, 0.25) is 0 Å². The molecule has 0 spiro atoms. The van der Waals surface area contributed by atoms with Crippen molar-refractivity contribution in [2.24, 2.45) is 11.8 Å². The van der Waals surface area contributed by atoms with Crippen LogP contribution in [0.25, 0.3) is 0 Å². The van der Waals surface area contributed by atoms with Crippen LogP contribution in [0.4, 0.5) is 0 Å². The summed E-state index contributed by atoms with van der Waals surface area (Å²) in [5.41, 5.74) is -1.11. The van der Waals surface area contributed by atoms with E-state index in [0.29, 0.717) is 12.3 Å². The first-order valence-electron chi connectivity index (χ1n) is 5.86. The van der Waals surface area contributed by atoms with Crippen LogP contribution < -0.4 is 0 Å². The Bertz CT molecular complexity index is 201. The molecule has 1 fully saturated rings. The van der Waals surface area contributed by atoms with Gasteiger partial charge in [0, 0.05) is 6.42 Å². The summed E-state index contributed by atoms with van der Waals surface area (Å²) in [5, 5.41) is 20.5. The van der Waals surface area contributed by atoms with Crippen molar-refractivity contribution >= 4 is 0 Å². The second-order valence-electron chi connectivity index (χ2n) is 5.35. The Morgan fingerprint density at radius 1 is 1.27 bits per heavy atom. The third-order valence-corrected chi connectivity index (χ3v) is 3.69. The van der Waals surface area contributed by atoms with E-state index in [1.54, 1.807) is 0 Å². The standard InChI is InChI=1S/C12H24O3/c1-7(2)10-6-11(13)12(14,8(3)4)9(5)15-10/h7-11,13-14H,6H2,1-5H3. The van der Waals surface area contributed by atoms with E-state index >= 15 is 0 Å². The molecule has 90 valence electrons. The van der Waals surface area contributed by atoms with Gasteiger partial charge in [-0.3, -0.25) is 0 Å². The van der Waals surface area contributed by atoms with Gasteiger partial charge >= 0.3 is 0 Å². The molecular formula is C12H24O3. The van der Waals surface area contributed by atoms with Gasteiger partial charge in [-0.25, -0.2) is 0 Å². The van der Waals surface area contributed by atoms with Gasteiger partial charge in [0.25, 0.3) is 0 Å². The number of hydrogen-bond acceptors (Lipinski definition) is 3. The van der Waals surface area contributed by atoms with Gasteiger partial charge in [0.1, 0.15) is 5.60 Å². The van der Waals surface area contributed by atoms with E-state index in [4.69, 9.17) is 4.74 Å². The van der Waals surface area contributed by atoms with E-state index in [2.05, 4.69) is 13.8 Å². The molecule has 0 aromatic rings. The molecule has 4 unspecified atom stereocenters. The van der Waals surface area contributed by atoms with Gasteiger partial charge in [-0.1, -0.05) is 27.7 Å². The fourth-order valence-electron chi connectivity index (χ4n) is 2.39. The summed E-state index contributed by atoms with van der Waals surface area (Å²) in [6.07, 6.45) is -0.423. The summed E-state index contributed by atoms with van der Waals surface area (Å²) in [4.78, 5) is 0. The summed E-state index contributed by atoms with van der Waals surface area (Å²) in [6.45, 7) is 9.82. The summed E-state index contributed by atoms with van der Waals surface area (Å²) < 4.78 is 5.79. The minimum absolute atomic E-state index is 0.00406. The maximum Gasteiger partial charge on any atom is 0.119 e. The quantitative estimate of drug-likeness (QED) is 0.736. The minimum atomic E-state index is -1.11. The van der Waals surface area contributed by atoms with Crippen molar-refractivity contribution in [2.45, 2.75) is 65.0 Å². The van der Waals surface area contributed by atoms with Crippen molar-refractivity contribution in [1.29, 1.82) is 0 Å². The second-order valence-corrected chi connectivity index (χ2v) is 5.35. The van der Waals surface area contributed by atoms with Crippen molar-refractivity contribution in [1.82, 2.24) is 0 Å². The molecule has 3 heteroatoms. The second kappa shape index (κ2) is 4.40. The first kappa shape index (κ1) is 12.9. The molecular weight excluding hydrogens is 192 g/mol. The molecule has 4 atom stereocenters. The van der Waals surface area contributed by atoms with Crippen LogP contribution in [-0.2, 0) is 4.74 Å². The van der Waals surface area contributed by atoms with E-state index in [1.165, 1.54) is 0 Å². The maximum atomic E-state index is 10.4. The van der Waals surface area contributed by atoms with E-state index in [0.717, 1.165) is 0 Å². The molecule has 0 amide bonds. The average molecular weight is 216 g/mol. The molecule has 3 nitrogen and oxygen atoms in total. The van der Waals surface area contributed by atoms with E-state index in [-0.39, 0.29) is 18.1 Å². The number of hydrogen-bond donors (Lipinski definition) is 2. The molecule has 1 aliphatic rings. The molecule has 0 bridgehead atoms. The molecule has 1 aliphatic heterocycles. The molecule has 0 aliphatic carbocycles. The summed E-state index contributed by atoms with van der Waals surface area (Å²) in [5.74, 6) is 0.370. The Balaban J connectivity index is 2.81. The highest BCUT2D eigenvalue weighted by Crippen LogP contribution is 2.36. The van der Waals surface area contributed by atoms with Gasteiger partial charge in [-0.2, -0.15) is 0 Å². The Kier molecular flexibility index (Phi) is 3.80. The molecule has 1 heterocycles. The zero-order chi connectivity index (χ0) is 11.8. The van der Waals surface area contributed by atoms with E-state index in [1.807, 2.05) is 20.8 Å². The van der Waals surface area contributed by atoms with Crippen molar-refractivity contribution in [2.75, 3.05) is 0 Å². The number of aliphatic hydroxyl groups is 2. The molecule has 0 saturated carbocycles. The van der Waals surface area contributed by atoms with Crippen LogP contribution in [0.1, 0.15) is 41.0 Å². The van der Waals surface area contributed by atoms with Crippen LogP contribution >= 0.6 is 0 Å².